The lowest BCUT2D eigenvalue weighted by molar-refractivity contribution is 0.469. The molecule has 2 unspecified atom stereocenters. The largest absolute Gasteiger partial charge is 0.310 e. The van der Waals surface area contributed by atoms with Gasteiger partial charge in [0.1, 0.15) is 4.87 Å². The fourth-order valence-electron chi connectivity index (χ4n) is 2.20. The van der Waals surface area contributed by atoms with Crippen LogP contribution < -0.4 is 10.6 Å². The van der Waals surface area contributed by atoms with Gasteiger partial charge in [0.2, 0.25) is 0 Å². The second kappa shape index (κ2) is 2.43. The third kappa shape index (κ3) is 0.932. The number of rotatable bonds is 2. The van der Waals surface area contributed by atoms with Crippen LogP contribution in [0.2, 0.25) is 0 Å². The molecule has 2 atom stereocenters. The maximum atomic E-state index is 11.6. The van der Waals surface area contributed by atoms with Gasteiger partial charge in [-0.15, -0.1) is 0 Å². The average molecular weight is 190 g/mol. The minimum absolute atomic E-state index is 0.189. The number of fused-ring (bicyclic) bond motifs is 2. The van der Waals surface area contributed by atoms with Gasteiger partial charge < -0.3 is 5.32 Å². The summed E-state index contributed by atoms with van der Waals surface area (Å²) in [6.45, 7) is 3.23. The van der Waals surface area contributed by atoms with Crippen LogP contribution >= 0.6 is 0 Å². The zero-order valence-electron chi connectivity index (χ0n) is 7.13. The van der Waals surface area contributed by atoms with Crippen LogP contribution in [0, 0.1) is 0 Å². The predicted octanol–water partition coefficient (Wildman–Crippen LogP) is -0.917. The van der Waals surface area contributed by atoms with Crippen LogP contribution in [0.1, 0.15) is 13.3 Å². The molecular weight excluding hydrogens is 176 g/mol. The van der Waals surface area contributed by atoms with E-state index in [1.807, 2.05) is 6.92 Å². The molecule has 0 amide bonds. The molecule has 0 aromatic rings. The molecule has 0 radical (unpaired) electrons. The van der Waals surface area contributed by atoms with Crippen molar-refractivity contribution in [3.05, 3.63) is 0 Å². The van der Waals surface area contributed by atoms with Crippen LogP contribution in [0.25, 0.3) is 0 Å². The molecule has 0 aromatic carbocycles. The molecule has 70 valence electrons. The van der Waals surface area contributed by atoms with Crippen LogP contribution in [0.3, 0.4) is 0 Å². The Morgan fingerprint density at radius 2 is 2.42 bits per heavy atom. The standard InChI is InChI=1S/C7H14N2O2S/c1-2-9-7-3-6(8-5-7)4-12(7,10)11/h6,8-9H,2-5H2,1H3. The van der Waals surface area contributed by atoms with Crippen LogP contribution in [-0.4, -0.2) is 38.2 Å². The molecule has 2 aliphatic rings. The third-order valence-electron chi connectivity index (χ3n) is 2.77. The molecule has 4 nitrogen and oxygen atoms in total. The lowest BCUT2D eigenvalue weighted by atomic mass is 10.2. The molecule has 2 bridgehead atoms. The highest BCUT2D eigenvalue weighted by Gasteiger charge is 2.56. The summed E-state index contributed by atoms with van der Waals surface area (Å²) in [6.07, 6.45) is 0.739. The second-order valence-corrected chi connectivity index (χ2v) is 5.93. The van der Waals surface area contributed by atoms with Gasteiger partial charge in [0, 0.05) is 12.6 Å². The Bertz CT molecular complexity index is 288. The van der Waals surface area contributed by atoms with Crippen molar-refractivity contribution in [3.8, 4) is 0 Å². The highest BCUT2D eigenvalue weighted by molar-refractivity contribution is 7.93. The summed E-state index contributed by atoms with van der Waals surface area (Å²) < 4.78 is 23.3. The zero-order valence-corrected chi connectivity index (χ0v) is 7.95. The van der Waals surface area contributed by atoms with Gasteiger partial charge in [-0.2, -0.15) is 0 Å². The van der Waals surface area contributed by atoms with E-state index in [0.29, 0.717) is 18.8 Å². The normalized spacial score (nSPS) is 43.6. The molecule has 2 heterocycles. The number of hydrogen-bond donors (Lipinski definition) is 2. The van der Waals surface area contributed by atoms with E-state index >= 15 is 0 Å². The Balaban J connectivity index is 2.33. The van der Waals surface area contributed by atoms with E-state index in [1.54, 1.807) is 0 Å². The number of sulfone groups is 1. The van der Waals surface area contributed by atoms with Gasteiger partial charge in [0.25, 0.3) is 0 Å². The van der Waals surface area contributed by atoms with E-state index < -0.39 is 14.7 Å². The second-order valence-electron chi connectivity index (χ2n) is 3.59. The lowest BCUT2D eigenvalue weighted by Crippen LogP contribution is -2.54. The van der Waals surface area contributed by atoms with Gasteiger partial charge >= 0.3 is 0 Å². The smallest absolute Gasteiger partial charge is 0.171 e. The molecule has 0 aliphatic carbocycles. The monoisotopic (exact) mass is 190 g/mol. The van der Waals surface area contributed by atoms with Crippen LogP contribution in [0.15, 0.2) is 0 Å². The Kier molecular flexibility index (Phi) is 1.72. The number of hydrogen-bond acceptors (Lipinski definition) is 4. The quantitative estimate of drug-likeness (QED) is 0.591. The summed E-state index contributed by atoms with van der Waals surface area (Å²) >= 11 is 0. The molecule has 2 fully saturated rings. The summed E-state index contributed by atoms with van der Waals surface area (Å²) in [6, 6.07) is 0.189. The molecule has 2 rings (SSSR count). The fourth-order valence-corrected chi connectivity index (χ4v) is 4.40. The highest BCUT2D eigenvalue weighted by Crippen LogP contribution is 2.34. The van der Waals surface area contributed by atoms with Gasteiger partial charge in [0.05, 0.1) is 5.75 Å². The highest BCUT2D eigenvalue weighted by atomic mass is 32.2. The maximum Gasteiger partial charge on any atom is 0.171 e. The predicted molar refractivity (Wildman–Crippen MR) is 46.6 cm³/mol. The molecule has 12 heavy (non-hydrogen) atoms. The molecule has 5 heteroatoms. The van der Waals surface area contributed by atoms with Crippen LogP contribution in [0.4, 0.5) is 0 Å². The summed E-state index contributed by atoms with van der Waals surface area (Å²) in [4.78, 5) is -0.633. The van der Waals surface area contributed by atoms with E-state index in [-0.39, 0.29) is 6.04 Å². The van der Waals surface area contributed by atoms with Gasteiger partial charge in [0.15, 0.2) is 9.84 Å². The summed E-state index contributed by atoms with van der Waals surface area (Å²) in [5.41, 5.74) is 0. The van der Waals surface area contributed by atoms with Crippen LogP contribution in [-0.2, 0) is 9.84 Å². The van der Waals surface area contributed by atoms with Crippen molar-refractivity contribution in [1.82, 2.24) is 10.6 Å². The fraction of sp³-hybridized carbons (Fsp3) is 1.00. The maximum absolute atomic E-state index is 11.6. The van der Waals surface area contributed by atoms with Crippen molar-refractivity contribution < 1.29 is 8.42 Å². The summed E-state index contributed by atoms with van der Waals surface area (Å²) in [5.74, 6) is 0.306. The zero-order chi connectivity index (χ0) is 8.82. The van der Waals surface area contributed by atoms with E-state index in [2.05, 4.69) is 10.6 Å². The first kappa shape index (κ1) is 8.47. The summed E-state index contributed by atoms with van der Waals surface area (Å²) in [7, 11) is -2.88. The van der Waals surface area contributed by atoms with Crippen molar-refractivity contribution in [2.75, 3.05) is 18.8 Å². The van der Waals surface area contributed by atoms with E-state index in [9.17, 15) is 8.42 Å². The number of likely N-dealkylation sites (N-methyl/N-ethyl adjacent to an activating group) is 1. The SMILES string of the molecule is CCNC12CNC(C1)CS2(=O)=O. The summed E-state index contributed by atoms with van der Waals surface area (Å²) in [5, 5.41) is 6.28. The molecule has 0 saturated carbocycles. The Morgan fingerprint density at radius 1 is 1.67 bits per heavy atom. The van der Waals surface area contributed by atoms with E-state index in [0.717, 1.165) is 6.42 Å². The van der Waals surface area contributed by atoms with E-state index in [1.165, 1.54) is 0 Å². The molecule has 0 aromatic heterocycles. The van der Waals surface area contributed by atoms with Crippen molar-refractivity contribution in [2.24, 2.45) is 0 Å². The molecule has 2 saturated heterocycles. The van der Waals surface area contributed by atoms with Gasteiger partial charge in [-0.3, -0.25) is 5.32 Å². The Morgan fingerprint density at radius 3 is 2.83 bits per heavy atom. The first-order chi connectivity index (χ1) is 5.60. The van der Waals surface area contributed by atoms with Gasteiger partial charge in [-0.05, 0) is 13.0 Å². The van der Waals surface area contributed by atoms with Crippen LogP contribution in [0.5, 0.6) is 0 Å². The van der Waals surface area contributed by atoms with Gasteiger partial charge in [-0.1, -0.05) is 6.92 Å². The van der Waals surface area contributed by atoms with Crippen molar-refractivity contribution in [3.63, 3.8) is 0 Å². The van der Waals surface area contributed by atoms with Gasteiger partial charge in [-0.25, -0.2) is 8.42 Å². The first-order valence-corrected chi connectivity index (χ1v) is 5.95. The van der Waals surface area contributed by atoms with Crippen molar-refractivity contribution in [2.45, 2.75) is 24.3 Å². The molecular formula is C7H14N2O2S. The molecule has 2 N–H and O–H groups in total. The Labute approximate surface area is 72.6 Å². The van der Waals surface area contributed by atoms with Crippen molar-refractivity contribution in [1.29, 1.82) is 0 Å². The Hall–Kier alpha value is -0.130. The molecule has 2 aliphatic heterocycles. The third-order valence-corrected chi connectivity index (χ3v) is 5.25. The lowest BCUT2D eigenvalue weighted by Gasteiger charge is -2.26. The number of nitrogens with one attached hydrogen (secondary N) is 2. The topological polar surface area (TPSA) is 58.2 Å². The minimum Gasteiger partial charge on any atom is -0.310 e. The average Bonchev–Trinajstić information content (AvgIpc) is 2.42. The van der Waals surface area contributed by atoms with E-state index in [4.69, 9.17) is 0 Å². The first-order valence-electron chi connectivity index (χ1n) is 4.30. The minimum atomic E-state index is -2.88. The molecule has 0 spiro atoms. The van der Waals surface area contributed by atoms with Crippen molar-refractivity contribution >= 4 is 9.84 Å².